The molecule has 2 N–H and O–H groups in total. The molecule has 1 saturated heterocycles. The van der Waals surface area contributed by atoms with E-state index >= 15 is 0 Å². The zero-order chi connectivity index (χ0) is 11.4. The fraction of sp³-hybridized carbons (Fsp3) is 0.636. The van der Waals surface area contributed by atoms with E-state index in [1.807, 2.05) is 6.20 Å². The normalized spacial score (nSPS) is 16.6. The summed E-state index contributed by atoms with van der Waals surface area (Å²) in [5, 5.41) is 6.72. The lowest BCUT2D eigenvalue weighted by molar-refractivity contribution is 0.584. The molecule has 0 atom stereocenters. The first-order valence-electron chi connectivity index (χ1n) is 5.79. The lowest BCUT2D eigenvalue weighted by atomic mass is 10.3. The van der Waals surface area contributed by atoms with Gasteiger partial charge in [0, 0.05) is 32.2 Å². The van der Waals surface area contributed by atoms with Crippen molar-refractivity contribution in [3.05, 3.63) is 12.5 Å². The highest BCUT2D eigenvalue weighted by Gasteiger charge is 2.15. The van der Waals surface area contributed by atoms with Crippen molar-refractivity contribution in [3.63, 3.8) is 0 Å². The van der Waals surface area contributed by atoms with Crippen molar-refractivity contribution in [2.75, 3.05) is 36.4 Å². The third-order valence-corrected chi connectivity index (χ3v) is 2.55. The topological polar surface area (TPSA) is 53.1 Å². The Labute approximate surface area is 96.3 Å². The van der Waals surface area contributed by atoms with Gasteiger partial charge in [-0.05, 0) is 13.8 Å². The first-order valence-corrected chi connectivity index (χ1v) is 5.79. The lowest BCUT2D eigenvalue weighted by Gasteiger charge is -2.30. The van der Waals surface area contributed by atoms with Gasteiger partial charge in [-0.3, -0.25) is 0 Å². The summed E-state index contributed by atoms with van der Waals surface area (Å²) in [5.74, 6) is 1.02. The van der Waals surface area contributed by atoms with Crippen LogP contribution in [-0.2, 0) is 0 Å². The van der Waals surface area contributed by atoms with E-state index in [-0.39, 0.29) is 0 Å². The molecule has 0 amide bonds. The van der Waals surface area contributed by atoms with E-state index < -0.39 is 0 Å². The molecule has 1 aromatic heterocycles. The fourth-order valence-electron chi connectivity index (χ4n) is 1.86. The molecular formula is C11H19N5. The largest absolute Gasteiger partial charge is 0.379 e. The SMILES string of the molecule is CC(C)Nc1cncnc1N1CCNCC1. The second kappa shape index (κ2) is 5.12. The molecule has 0 spiro atoms. The van der Waals surface area contributed by atoms with Gasteiger partial charge in [0.1, 0.15) is 6.33 Å². The molecule has 5 heteroatoms. The summed E-state index contributed by atoms with van der Waals surface area (Å²) in [6, 6.07) is 0.396. The van der Waals surface area contributed by atoms with Crippen molar-refractivity contribution in [3.8, 4) is 0 Å². The van der Waals surface area contributed by atoms with E-state index in [0.29, 0.717) is 6.04 Å². The summed E-state index contributed by atoms with van der Waals surface area (Å²) in [6.45, 7) is 8.28. The van der Waals surface area contributed by atoms with Crippen LogP contribution in [-0.4, -0.2) is 42.2 Å². The molecule has 16 heavy (non-hydrogen) atoms. The number of anilines is 2. The van der Waals surface area contributed by atoms with Crippen LogP contribution in [0, 0.1) is 0 Å². The maximum absolute atomic E-state index is 4.38. The number of piperazine rings is 1. The summed E-state index contributed by atoms with van der Waals surface area (Å²) in [7, 11) is 0. The van der Waals surface area contributed by atoms with E-state index in [1.54, 1.807) is 6.33 Å². The van der Waals surface area contributed by atoms with Crippen LogP contribution in [0.3, 0.4) is 0 Å². The molecule has 0 aliphatic carbocycles. The van der Waals surface area contributed by atoms with Crippen molar-refractivity contribution in [2.24, 2.45) is 0 Å². The molecular weight excluding hydrogens is 202 g/mol. The van der Waals surface area contributed by atoms with Crippen molar-refractivity contribution in [1.82, 2.24) is 15.3 Å². The minimum Gasteiger partial charge on any atom is -0.379 e. The number of aromatic nitrogens is 2. The molecule has 5 nitrogen and oxygen atoms in total. The second-order valence-electron chi connectivity index (χ2n) is 4.30. The summed E-state index contributed by atoms with van der Waals surface area (Å²) in [4.78, 5) is 10.8. The Bertz CT molecular complexity index is 333. The smallest absolute Gasteiger partial charge is 0.155 e. The molecule has 88 valence electrons. The molecule has 0 aromatic carbocycles. The lowest BCUT2D eigenvalue weighted by Crippen LogP contribution is -2.44. The molecule has 1 fully saturated rings. The Hall–Kier alpha value is -1.36. The molecule has 1 aromatic rings. The zero-order valence-electron chi connectivity index (χ0n) is 9.90. The number of hydrogen-bond acceptors (Lipinski definition) is 5. The van der Waals surface area contributed by atoms with Crippen molar-refractivity contribution in [2.45, 2.75) is 19.9 Å². The molecule has 1 aliphatic heterocycles. The van der Waals surface area contributed by atoms with Gasteiger partial charge in [-0.15, -0.1) is 0 Å². The summed E-state index contributed by atoms with van der Waals surface area (Å²) >= 11 is 0. The third-order valence-electron chi connectivity index (χ3n) is 2.55. The second-order valence-corrected chi connectivity index (χ2v) is 4.30. The van der Waals surface area contributed by atoms with Gasteiger partial charge >= 0.3 is 0 Å². The van der Waals surface area contributed by atoms with Crippen LogP contribution < -0.4 is 15.5 Å². The predicted octanol–water partition coefficient (Wildman–Crippen LogP) is 0.706. The number of nitrogens with zero attached hydrogens (tertiary/aromatic N) is 3. The molecule has 1 aliphatic rings. The van der Waals surface area contributed by atoms with Crippen LogP contribution in [0.15, 0.2) is 12.5 Å². The highest BCUT2D eigenvalue weighted by Crippen LogP contribution is 2.22. The predicted molar refractivity (Wildman–Crippen MR) is 65.9 cm³/mol. The van der Waals surface area contributed by atoms with E-state index in [2.05, 4.69) is 39.3 Å². The maximum Gasteiger partial charge on any atom is 0.155 e. The van der Waals surface area contributed by atoms with Crippen molar-refractivity contribution < 1.29 is 0 Å². The van der Waals surface area contributed by atoms with E-state index in [9.17, 15) is 0 Å². The van der Waals surface area contributed by atoms with Gasteiger partial charge in [-0.1, -0.05) is 0 Å². The molecule has 0 radical (unpaired) electrons. The first kappa shape index (κ1) is 11.1. The molecule has 0 saturated carbocycles. The fourth-order valence-corrected chi connectivity index (χ4v) is 1.86. The van der Waals surface area contributed by atoms with Crippen LogP contribution in [0.4, 0.5) is 11.5 Å². The van der Waals surface area contributed by atoms with E-state index in [1.165, 1.54) is 0 Å². The number of rotatable bonds is 3. The minimum absolute atomic E-state index is 0.396. The molecule has 2 rings (SSSR count). The average Bonchev–Trinajstić information content (AvgIpc) is 2.30. The maximum atomic E-state index is 4.38. The summed E-state index contributed by atoms with van der Waals surface area (Å²) in [6.07, 6.45) is 3.47. The Balaban J connectivity index is 2.17. The first-order chi connectivity index (χ1) is 7.77. The van der Waals surface area contributed by atoms with Gasteiger partial charge in [0.2, 0.25) is 0 Å². The molecule has 0 bridgehead atoms. The number of hydrogen-bond donors (Lipinski definition) is 2. The Morgan fingerprint density at radius 3 is 2.81 bits per heavy atom. The van der Waals surface area contributed by atoms with Gasteiger partial charge in [0.25, 0.3) is 0 Å². The monoisotopic (exact) mass is 221 g/mol. The van der Waals surface area contributed by atoms with E-state index in [4.69, 9.17) is 0 Å². The van der Waals surface area contributed by atoms with E-state index in [0.717, 1.165) is 37.7 Å². The van der Waals surface area contributed by atoms with Gasteiger partial charge in [-0.2, -0.15) is 0 Å². The van der Waals surface area contributed by atoms with Gasteiger partial charge in [0.05, 0.1) is 11.9 Å². The Morgan fingerprint density at radius 2 is 2.12 bits per heavy atom. The van der Waals surface area contributed by atoms with Crippen LogP contribution >= 0.6 is 0 Å². The quantitative estimate of drug-likeness (QED) is 0.787. The zero-order valence-corrected chi connectivity index (χ0v) is 9.90. The van der Waals surface area contributed by atoms with Crippen molar-refractivity contribution >= 4 is 11.5 Å². The van der Waals surface area contributed by atoms with Gasteiger partial charge in [0.15, 0.2) is 5.82 Å². The number of nitrogens with one attached hydrogen (secondary N) is 2. The summed E-state index contributed by atoms with van der Waals surface area (Å²) < 4.78 is 0. The third kappa shape index (κ3) is 2.61. The summed E-state index contributed by atoms with van der Waals surface area (Å²) in [5.41, 5.74) is 1.03. The van der Waals surface area contributed by atoms with Crippen molar-refractivity contribution in [1.29, 1.82) is 0 Å². The van der Waals surface area contributed by atoms with Gasteiger partial charge in [-0.25, -0.2) is 9.97 Å². The average molecular weight is 221 g/mol. The van der Waals surface area contributed by atoms with Crippen LogP contribution in [0.1, 0.15) is 13.8 Å². The highest BCUT2D eigenvalue weighted by molar-refractivity contribution is 5.64. The molecule has 2 heterocycles. The van der Waals surface area contributed by atoms with Crippen LogP contribution in [0.25, 0.3) is 0 Å². The Morgan fingerprint density at radius 1 is 1.38 bits per heavy atom. The van der Waals surface area contributed by atoms with Crippen LogP contribution in [0.5, 0.6) is 0 Å². The van der Waals surface area contributed by atoms with Crippen LogP contribution in [0.2, 0.25) is 0 Å². The highest BCUT2D eigenvalue weighted by atomic mass is 15.2. The van der Waals surface area contributed by atoms with Gasteiger partial charge < -0.3 is 15.5 Å². The Kier molecular flexibility index (Phi) is 3.56. The standard InChI is InChI=1S/C11H19N5/c1-9(2)15-10-7-13-8-14-11(10)16-5-3-12-4-6-16/h7-9,12,15H,3-6H2,1-2H3. The minimum atomic E-state index is 0.396. The molecule has 0 unspecified atom stereocenters.